The number of carbonyl (C=O) groups is 1. The largest absolute Gasteiger partial charge is 0.450 e. The normalized spacial score (nSPS) is 19.3. The molecule has 1 atom stereocenters. The van der Waals surface area contributed by atoms with Gasteiger partial charge in [-0.15, -0.1) is 0 Å². The number of carbonyl (C=O) groups excluding carboxylic acids is 1. The fourth-order valence-electron chi connectivity index (χ4n) is 2.14. The third-order valence-corrected chi connectivity index (χ3v) is 5.23. The van der Waals surface area contributed by atoms with Crippen molar-refractivity contribution in [2.24, 2.45) is 5.92 Å². The van der Waals surface area contributed by atoms with Gasteiger partial charge in [-0.2, -0.15) is 0 Å². The van der Waals surface area contributed by atoms with E-state index in [1.807, 2.05) is 0 Å². The smallest absolute Gasteiger partial charge is 0.407 e. The topological polar surface area (TPSA) is 50.4 Å². The van der Waals surface area contributed by atoms with E-state index in [1.165, 1.54) is 0 Å². The zero-order valence-electron chi connectivity index (χ0n) is 12.2. The highest BCUT2D eigenvalue weighted by Gasteiger charge is 2.22. The first kappa shape index (κ1) is 15.5. The molecule has 1 fully saturated rings. The van der Waals surface area contributed by atoms with E-state index < -0.39 is 8.07 Å². The molecule has 0 saturated carbocycles. The molecule has 106 valence electrons. The summed E-state index contributed by atoms with van der Waals surface area (Å²) in [6.45, 7) is 11.6. The minimum Gasteiger partial charge on any atom is -0.450 e. The average Bonchev–Trinajstić information content (AvgIpc) is 2.28. The Bertz CT molecular complexity index is 260. The van der Waals surface area contributed by atoms with Crippen molar-refractivity contribution in [3.05, 3.63) is 0 Å². The van der Waals surface area contributed by atoms with Crippen LogP contribution in [0, 0.1) is 5.92 Å². The lowest BCUT2D eigenvalue weighted by Gasteiger charge is -2.28. The fourth-order valence-corrected chi connectivity index (χ4v) is 2.85. The van der Waals surface area contributed by atoms with Gasteiger partial charge < -0.3 is 15.4 Å². The molecule has 4 nitrogen and oxygen atoms in total. The van der Waals surface area contributed by atoms with E-state index in [0.29, 0.717) is 12.5 Å². The van der Waals surface area contributed by atoms with Crippen molar-refractivity contribution in [1.82, 2.24) is 10.6 Å². The number of alkyl carbamates (subject to hydrolysis) is 1. The van der Waals surface area contributed by atoms with Gasteiger partial charge in [-0.05, 0) is 44.8 Å². The third-order valence-electron chi connectivity index (χ3n) is 3.52. The number of ether oxygens (including phenoxy) is 1. The Morgan fingerprint density at radius 1 is 1.39 bits per heavy atom. The maximum Gasteiger partial charge on any atom is 0.407 e. The standard InChI is InChI=1S/C13H28N2O2Si/c1-11(12-5-7-14-8-6-12)15-13(16)17-9-10-18(2,3)4/h11-12,14H,5-10H2,1-4H3,(H,15,16)/t11-/m1/s1. The van der Waals surface area contributed by atoms with Crippen LogP contribution in [0.3, 0.4) is 0 Å². The van der Waals surface area contributed by atoms with Crippen LogP contribution in [0.4, 0.5) is 4.79 Å². The molecule has 5 heteroatoms. The van der Waals surface area contributed by atoms with Gasteiger partial charge in [0.2, 0.25) is 0 Å². The number of amides is 1. The van der Waals surface area contributed by atoms with Crippen molar-refractivity contribution in [2.45, 2.75) is 51.5 Å². The number of piperidine rings is 1. The highest BCUT2D eigenvalue weighted by atomic mass is 28.3. The highest BCUT2D eigenvalue weighted by molar-refractivity contribution is 6.76. The molecule has 0 aliphatic carbocycles. The van der Waals surface area contributed by atoms with Crippen LogP contribution in [0.25, 0.3) is 0 Å². The predicted molar refractivity (Wildman–Crippen MR) is 77.7 cm³/mol. The second-order valence-corrected chi connectivity index (χ2v) is 12.1. The monoisotopic (exact) mass is 272 g/mol. The summed E-state index contributed by atoms with van der Waals surface area (Å²) in [7, 11) is -1.11. The molecule has 0 aromatic carbocycles. The van der Waals surface area contributed by atoms with Crippen LogP contribution in [-0.2, 0) is 4.74 Å². The predicted octanol–water partition coefficient (Wildman–Crippen LogP) is 2.44. The van der Waals surface area contributed by atoms with Gasteiger partial charge in [0.25, 0.3) is 0 Å². The maximum absolute atomic E-state index is 11.6. The van der Waals surface area contributed by atoms with Crippen molar-refractivity contribution >= 4 is 14.2 Å². The van der Waals surface area contributed by atoms with Crippen molar-refractivity contribution in [2.75, 3.05) is 19.7 Å². The first-order valence-electron chi connectivity index (χ1n) is 7.02. The van der Waals surface area contributed by atoms with Gasteiger partial charge in [0.05, 0.1) is 6.61 Å². The molecule has 1 heterocycles. The molecule has 2 N–H and O–H groups in total. The van der Waals surface area contributed by atoms with E-state index in [4.69, 9.17) is 4.74 Å². The van der Waals surface area contributed by atoms with Crippen LogP contribution in [-0.4, -0.2) is 39.9 Å². The lowest BCUT2D eigenvalue weighted by atomic mass is 9.91. The minimum atomic E-state index is -1.11. The molecule has 0 radical (unpaired) electrons. The van der Waals surface area contributed by atoms with E-state index >= 15 is 0 Å². The summed E-state index contributed by atoms with van der Waals surface area (Å²) in [5, 5.41) is 6.30. The zero-order valence-corrected chi connectivity index (χ0v) is 13.2. The van der Waals surface area contributed by atoms with Crippen molar-refractivity contribution in [3.63, 3.8) is 0 Å². The Kier molecular flexibility index (Phi) is 6.15. The van der Waals surface area contributed by atoms with Gasteiger partial charge >= 0.3 is 6.09 Å². The summed E-state index contributed by atoms with van der Waals surface area (Å²) in [4.78, 5) is 11.6. The van der Waals surface area contributed by atoms with E-state index in [-0.39, 0.29) is 12.1 Å². The van der Waals surface area contributed by atoms with Crippen molar-refractivity contribution < 1.29 is 9.53 Å². The van der Waals surface area contributed by atoms with Crippen LogP contribution in [0.5, 0.6) is 0 Å². The number of rotatable bonds is 5. The van der Waals surface area contributed by atoms with Crippen LogP contribution in [0.15, 0.2) is 0 Å². The number of nitrogens with one attached hydrogen (secondary N) is 2. The summed E-state index contributed by atoms with van der Waals surface area (Å²) in [6.07, 6.45) is 2.02. The molecule has 18 heavy (non-hydrogen) atoms. The molecular weight excluding hydrogens is 244 g/mol. The zero-order chi connectivity index (χ0) is 13.6. The second kappa shape index (κ2) is 7.14. The Hall–Kier alpha value is -0.553. The van der Waals surface area contributed by atoms with Crippen LogP contribution < -0.4 is 10.6 Å². The molecule has 0 bridgehead atoms. The first-order valence-corrected chi connectivity index (χ1v) is 10.7. The Morgan fingerprint density at radius 2 is 2.00 bits per heavy atom. The molecule has 0 aromatic heterocycles. The maximum atomic E-state index is 11.6. The highest BCUT2D eigenvalue weighted by Crippen LogP contribution is 2.16. The lowest BCUT2D eigenvalue weighted by Crippen LogP contribution is -2.43. The van der Waals surface area contributed by atoms with Gasteiger partial charge in [0.1, 0.15) is 0 Å². The summed E-state index contributed by atoms with van der Waals surface area (Å²) >= 11 is 0. The molecule has 1 aliphatic rings. The van der Waals surface area contributed by atoms with Crippen LogP contribution in [0.1, 0.15) is 19.8 Å². The van der Waals surface area contributed by atoms with Gasteiger partial charge in [0, 0.05) is 14.1 Å². The number of hydrogen-bond donors (Lipinski definition) is 2. The summed E-state index contributed by atoms with van der Waals surface area (Å²) in [5.74, 6) is 0.579. The molecule has 0 aromatic rings. The third kappa shape index (κ3) is 6.40. The van der Waals surface area contributed by atoms with E-state index in [0.717, 1.165) is 32.0 Å². The quantitative estimate of drug-likeness (QED) is 0.756. The SMILES string of the molecule is C[C@@H](NC(=O)OCC[Si](C)(C)C)C1CCNCC1. The lowest BCUT2D eigenvalue weighted by molar-refractivity contribution is 0.142. The number of hydrogen-bond acceptors (Lipinski definition) is 3. The molecular formula is C13H28N2O2Si. The second-order valence-electron chi connectivity index (χ2n) is 6.47. The van der Waals surface area contributed by atoms with Gasteiger partial charge in [-0.3, -0.25) is 0 Å². The molecule has 1 rings (SSSR count). The first-order chi connectivity index (χ1) is 8.38. The molecule has 0 unspecified atom stereocenters. The van der Waals surface area contributed by atoms with Crippen molar-refractivity contribution in [1.29, 1.82) is 0 Å². The van der Waals surface area contributed by atoms with E-state index in [2.05, 4.69) is 37.2 Å². The Morgan fingerprint density at radius 3 is 2.56 bits per heavy atom. The molecule has 1 amide bonds. The summed E-state index contributed by atoms with van der Waals surface area (Å²) in [6, 6.07) is 1.24. The molecule has 1 saturated heterocycles. The van der Waals surface area contributed by atoms with E-state index in [1.54, 1.807) is 0 Å². The molecule has 1 aliphatic heterocycles. The fraction of sp³-hybridized carbons (Fsp3) is 0.923. The minimum absolute atomic E-state index is 0.214. The van der Waals surface area contributed by atoms with Crippen molar-refractivity contribution in [3.8, 4) is 0 Å². The Balaban J connectivity index is 2.18. The van der Waals surface area contributed by atoms with Gasteiger partial charge in [-0.1, -0.05) is 19.6 Å². The molecule has 0 spiro atoms. The van der Waals surface area contributed by atoms with Gasteiger partial charge in [0.15, 0.2) is 0 Å². The van der Waals surface area contributed by atoms with Gasteiger partial charge in [-0.25, -0.2) is 4.79 Å². The Labute approximate surface area is 112 Å². The summed E-state index contributed by atoms with van der Waals surface area (Å²) in [5.41, 5.74) is 0. The van der Waals surface area contributed by atoms with Crippen LogP contribution >= 0.6 is 0 Å². The van der Waals surface area contributed by atoms with Crippen LogP contribution in [0.2, 0.25) is 25.7 Å². The average molecular weight is 272 g/mol. The summed E-state index contributed by atoms with van der Waals surface area (Å²) < 4.78 is 5.25. The van der Waals surface area contributed by atoms with E-state index in [9.17, 15) is 4.79 Å².